The Hall–Kier alpha value is -7.45. The predicted octanol–water partition coefficient (Wildman–Crippen LogP) is 12.6. The molecule has 0 unspecified atom stereocenters. The lowest BCUT2D eigenvalue weighted by molar-refractivity contribution is -0.301. The molecule has 0 aliphatic carbocycles. The molecule has 101 heavy (non-hydrogen) atoms. The van der Waals surface area contributed by atoms with Crippen molar-refractivity contribution in [2.45, 2.75) is 188 Å². The lowest BCUT2D eigenvalue weighted by Crippen LogP contribution is -2.58. The molecule has 0 radical (unpaired) electrons. The van der Waals surface area contributed by atoms with Crippen molar-refractivity contribution >= 4 is 46.6 Å². The van der Waals surface area contributed by atoms with Crippen molar-refractivity contribution < 1.29 is 76.1 Å². The molecule has 4 N–H and O–H groups in total. The third-order valence-electron chi connectivity index (χ3n) is 17.0. The second kappa shape index (κ2) is 38.2. The Morgan fingerprint density at radius 3 is 1.90 bits per heavy atom. The summed E-state index contributed by atoms with van der Waals surface area (Å²) in [7, 11) is 0. The molecule has 2 aromatic heterocycles. The van der Waals surface area contributed by atoms with Crippen LogP contribution in [0.15, 0.2) is 109 Å². The number of rotatable bonds is 38. The molecule has 2 fully saturated rings. The molecule has 2 aliphatic heterocycles. The molecule has 4 amide bonds. The topological polar surface area (TPSA) is 246 Å². The van der Waals surface area contributed by atoms with Gasteiger partial charge in [0.15, 0.2) is 5.79 Å². The van der Waals surface area contributed by atoms with Crippen molar-refractivity contribution in [3.63, 3.8) is 0 Å². The van der Waals surface area contributed by atoms with Crippen LogP contribution in [-0.2, 0) is 70.2 Å². The van der Waals surface area contributed by atoms with Gasteiger partial charge >= 0.3 is 5.97 Å². The number of ether oxygens (including phenoxy) is 9. The van der Waals surface area contributed by atoms with Crippen molar-refractivity contribution in [1.29, 1.82) is 0 Å². The highest BCUT2D eigenvalue weighted by Crippen LogP contribution is 2.44. The summed E-state index contributed by atoms with van der Waals surface area (Å²) in [6, 6.07) is 29.4. The second-order valence-electron chi connectivity index (χ2n) is 28.5. The zero-order chi connectivity index (χ0) is 72.7. The van der Waals surface area contributed by atoms with Crippen molar-refractivity contribution in [3.05, 3.63) is 137 Å². The fourth-order valence-electron chi connectivity index (χ4n) is 12.5. The van der Waals surface area contributed by atoms with Gasteiger partial charge in [-0.05, 0) is 156 Å². The number of nitrogens with zero attached hydrogens (tertiary/aromatic N) is 3. The second-order valence-corrected chi connectivity index (χ2v) is 29.4. The van der Waals surface area contributed by atoms with Gasteiger partial charge < -0.3 is 73.2 Å². The van der Waals surface area contributed by atoms with E-state index in [0.717, 1.165) is 69.0 Å². The maximum absolute atomic E-state index is 14.9. The van der Waals surface area contributed by atoms with Gasteiger partial charge in [-0.2, -0.15) is 0 Å². The van der Waals surface area contributed by atoms with E-state index >= 15 is 0 Å². The molecule has 23 heteroatoms. The summed E-state index contributed by atoms with van der Waals surface area (Å²) in [5, 5.41) is 19.5. The lowest BCUT2D eigenvalue weighted by Gasteiger charge is -2.41. The summed E-state index contributed by atoms with van der Waals surface area (Å²) < 4.78 is 69.8. The molecule has 0 saturated carbocycles. The van der Waals surface area contributed by atoms with E-state index in [9.17, 15) is 33.5 Å². The number of aromatic nitrogens is 2. The SMILES string of the molecule is Cc1ncsc1-c1ccc(CNC(=O)[C@@H]2C[C@@H](O)CN2C(=O)[C@@H](NC(=O)COCCCOCCCOCCCOCCCOCCOc2ccc(NC(=O)c3c(-c4ccccc4)c(-c4ccc(F)cc4)n(CC[C@@H]4C[C@H](CC(=O)OC(C)(C)C)OC(C)(C)O4)c3C(C)C)cc2)C(C)(C)C)cc1. The minimum atomic E-state index is -0.960. The number of carbonyl (C=O) groups excluding carboxylic acids is 5. The van der Waals surface area contributed by atoms with Crippen LogP contribution >= 0.6 is 11.3 Å². The van der Waals surface area contributed by atoms with Gasteiger partial charge in [0.05, 0.1) is 58.7 Å². The van der Waals surface area contributed by atoms with Gasteiger partial charge in [-0.3, -0.25) is 24.0 Å². The number of amides is 4. The van der Waals surface area contributed by atoms with Gasteiger partial charge in [0, 0.05) is 102 Å². The first-order valence-corrected chi connectivity index (χ1v) is 36.2. The molecule has 4 aromatic carbocycles. The van der Waals surface area contributed by atoms with E-state index in [2.05, 4.69) is 39.3 Å². The number of esters is 1. The number of β-amino-alcohol motifs (C(OH)–C–C–N with tert-alkyl or cyclic N) is 1. The summed E-state index contributed by atoms with van der Waals surface area (Å²) in [6.07, 6.45) is 2.38. The highest BCUT2D eigenvalue weighted by atomic mass is 32.1. The number of halogens is 1. The first-order chi connectivity index (χ1) is 48.2. The Balaban J connectivity index is 0.674. The molecule has 0 bridgehead atoms. The third-order valence-corrected chi connectivity index (χ3v) is 18.0. The molecule has 0 spiro atoms. The zero-order valence-corrected chi connectivity index (χ0v) is 61.5. The Labute approximate surface area is 598 Å². The number of hydrogen-bond acceptors (Lipinski definition) is 17. The molecule has 21 nitrogen and oxygen atoms in total. The van der Waals surface area contributed by atoms with E-state index in [1.807, 2.05) is 147 Å². The van der Waals surface area contributed by atoms with Gasteiger partial charge in [-0.15, -0.1) is 11.3 Å². The van der Waals surface area contributed by atoms with Crippen LogP contribution in [0.2, 0.25) is 0 Å². The van der Waals surface area contributed by atoms with E-state index < -0.39 is 52.9 Å². The van der Waals surface area contributed by atoms with Gasteiger partial charge in [0.1, 0.15) is 42.5 Å². The summed E-state index contributed by atoms with van der Waals surface area (Å²) in [5.41, 5.74) is 8.38. The minimum Gasteiger partial charge on any atom is -0.491 e. The van der Waals surface area contributed by atoms with Gasteiger partial charge in [-0.25, -0.2) is 9.37 Å². The van der Waals surface area contributed by atoms with Crippen LogP contribution in [-0.4, -0.2) is 170 Å². The smallest absolute Gasteiger partial charge is 0.308 e. The van der Waals surface area contributed by atoms with Gasteiger partial charge in [-0.1, -0.05) is 89.2 Å². The number of benzene rings is 4. The van der Waals surface area contributed by atoms with Crippen LogP contribution < -0.4 is 20.7 Å². The Kier molecular flexibility index (Phi) is 30.0. The van der Waals surface area contributed by atoms with E-state index in [4.69, 9.17) is 42.6 Å². The molecule has 5 atom stereocenters. The minimum absolute atomic E-state index is 0.0170. The first kappa shape index (κ1) is 79.3. The molecule has 550 valence electrons. The van der Waals surface area contributed by atoms with E-state index in [-0.39, 0.29) is 74.8 Å². The van der Waals surface area contributed by atoms with E-state index in [1.54, 1.807) is 23.5 Å². The average molecular weight is 1420 g/mol. The van der Waals surface area contributed by atoms with Gasteiger partial charge in [0.25, 0.3) is 5.91 Å². The average Bonchev–Trinajstić information content (AvgIpc) is 1.59. The number of aryl methyl sites for hydroxylation is 1. The summed E-state index contributed by atoms with van der Waals surface area (Å²) in [5.74, 6) is -2.72. The summed E-state index contributed by atoms with van der Waals surface area (Å²) in [6.45, 7) is 26.0. The molecular weight excluding hydrogens is 1310 g/mol. The zero-order valence-electron chi connectivity index (χ0n) is 60.7. The largest absolute Gasteiger partial charge is 0.491 e. The number of aliphatic hydroxyl groups excluding tert-OH is 1. The normalized spacial score (nSPS) is 17.2. The highest BCUT2D eigenvalue weighted by molar-refractivity contribution is 7.13. The number of carbonyl (C=O) groups is 5. The summed E-state index contributed by atoms with van der Waals surface area (Å²) in [4.78, 5) is 75.2. The van der Waals surface area contributed by atoms with Crippen LogP contribution in [0.3, 0.4) is 0 Å². The number of anilines is 1. The standard InChI is InChI=1S/C78H105FN6O15S/c1-52(2)69-68(67(55-19-13-12-14-20-55)70(56-25-27-58(79)28-26-56)84(69)34-33-62-46-63(99-78(10,11)98-62)47-66(88)100-77(7,8)9)74(90)82-59-29-31-61(32-30-59)97-44-43-95-41-17-39-93-37-15-35-92-36-16-38-94-40-18-42-96-50-65(87)83-72(76(4,5)6)75(91)85-49-60(86)45-64(85)73(89)80-48-54-21-23-57(24-22-54)71-53(3)81-51-101-71/h12-14,19-32,51-52,60,62-64,72,86H,15-18,33-50H2,1-11H3,(H,80,89)(H,82,90)(H,83,87)/t60-,62-,63-,64+,72-/m1/s1. The van der Waals surface area contributed by atoms with E-state index in [1.165, 1.54) is 17.0 Å². The Morgan fingerprint density at radius 2 is 1.32 bits per heavy atom. The first-order valence-electron chi connectivity index (χ1n) is 35.4. The number of thiazole rings is 1. The molecular formula is C78H105FN6O15S. The van der Waals surface area contributed by atoms with E-state index in [0.29, 0.717) is 102 Å². The third kappa shape index (κ3) is 24.6. The van der Waals surface area contributed by atoms with Crippen molar-refractivity contribution in [1.82, 2.24) is 25.1 Å². The fraction of sp³-hybridized carbons (Fsp3) is 0.538. The van der Waals surface area contributed by atoms with Crippen molar-refractivity contribution in [3.8, 4) is 38.6 Å². The number of nitrogens with one attached hydrogen (secondary N) is 3. The maximum Gasteiger partial charge on any atom is 0.308 e. The quantitative estimate of drug-likeness (QED) is 0.0208. The molecule has 2 saturated heterocycles. The molecule has 6 aromatic rings. The molecule has 4 heterocycles. The Bertz CT molecular complexity index is 3590. The number of likely N-dealkylation sites (tertiary alicyclic amines) is 1. The predicted molar refractivity (Wildman–Crippen MR) is 387 cm³/mol. The maximum atomic E-state index is 14.9. The number of aliphatic hydroxyl groups is 1. The van der Waals surface area contributed by atoms with Crippen LogP contribution in [0.25, 0.3) is 32.8 Å². The van der Waals surface area contributed by atoms with Crippen LogP contribution in [0.1, 0.15) is 154 Å². The van der Waals surface area contributed by atoms with Gasteiger partial charge in [0.2, 0.25) is 17.7 Å². The monoisotopic (exact) mass is 1420 g/mol. The molecule has 8 rings (SSSR count). The van der Waals surface area contributed by atoms with Crippen LogP contribution in [0.4, 0.5) is 10.1 Å². The number of hydrogen-bond donors (Lipinski definition) is 4. The van der Waals surface area contributed by atoms with Crippen molar-refractivity contribution in [2.24, 2.45) is 5.41 Å². The van der Waals surface area contributed by atoms with Crippen LogP contribution in [0, 0.1) is 18.2 Å². The molecule has 2 aliphatic rings. The van der Waals surface area contributed by atoms with Crippen LogP contribution in [0.5, 0.6) is 5.75 Å². The van der Waals surface area contributed by atoms with Crippen molar-refractivity contribution in [2.75, 3.05) is 84.5 Å². The Morgan fingerprint density at radius 1 is 0.723 bits per heavy atom. The summed E-state index contributed by atoms with van der Waals surface area (Å²) >= 11 is 1.57. The highest BCUT2D eigenvalue weighted by Gasteiger charge is 2.45. The lowest BCUT2D eigenvalue weighted by atomic mass is 9.85. The fourth-order valence-corrected chi connectivity index (χ4v) is 13.3.